The van der Waals surface area contributed by atoms with Gasteiger partial charge in [0, 0.05) is 41.4 Å². The summed E-state index contributed by atoms with van der Waals surface area (Å²) in [6, 6.07) is 10.6. The van der Waals surface area contributed by atoms with Gasteiger partial charge in [-0.05, 0) is 61.8 Å². The molecule has 3 atom stereocenters. The van der Waals surface area contributed by atoms with Crippen LogP contribution in [-0.2, 0) is 10.3 Å². The topological polar surface area (TPSA) is 52.6 Å². The first-order valence-electron chi connectivity index (χ1n) is 10.9. The molecule has 0 radical (unpaired) electrons. The smallest absolute Gasteiger partial charge is 0.250 e. The van der Waals surface area contributed by atoms with Gasteiger partial charge in [-0.3, -0.25) is 9.69 Å². The van der Waals surface area contributed by atoms with Crippen molar-refractivity contribution in [3.05, 3.63) is 63.4 Å². The fourth-order valence-corrected chi connectivity index (χ4v) is 5.95. The van der Waals surface area contributed by atoms with Crippen LogP contribution in [0.25, 0.3) is 0 Å². The Morgan fingerprint density at radius 3 is 2.77 bits per heavy atom. The van der Waals surface area contributed by atoms with Crippen molar-refractivity contribution in [3.63, 3.8) is 0 Å². The Morgan fingerprint density at radius 2 is 2.03 bits per heavy atom. The molecule has 3 aliphatic rings. The summed E-state index contributed by atoms with van der Waals surface area (Å²) in [6.07, 6.45) is 4.30. The fourth-order valence-electron chi connectivity index (χ4n) is 5.60. The highest BCUT2D eigenvalue weighted by atomic mass is 35.5. The average Bonchev–Trinajstić information content (AvgIpc) is 3.45. The number of amides is 1. The number of carbonyl (C=O) groups excluding carboxylic acids is 1. The van der Waals surface area contributed by atoms with Crippen LogP contribution in [0.1, 0.15) is 49.1 Å². The summed E-state index contributed by atoms with van der Waals surface area (Å²) in [5.41, 5.74) is 0.985. The highest BCUT2D eigenvalue weighted by Crippen LogP contribution is 2.59. The molecule has 2 aromatic carbocycles. The molecule has 0 bridgehead atoms. The SMILES string of the molecule is O=C1Nc2cc(Cl)ccc2C12C(c1cccc(Cl)c1F)CC(CCCO)N2CC1CC1. The molecule has 1 amide bonds. The zero-order chi connectivity index (χ0) is 21.8. The first-order chi connectivity index (χ1) is 15.0. The van der Waals surface area contributed by atoms with Crippen LogP contribution in [-0.4, -0.2) is 35.1 Å². The number of hydrogen-bond donors (Lipinski definition) is 2. The zero-order valence-electron chi connectivity index (χ0n) is 17.1. The Bertz CT molecular complexity index is 1030. The fraction of sp³-hybridized carbons (Fsp3) is 0.458. The van der Waals surface area contributed by atoms with Crippen LogP contribution >= 0.6 is 23.2 Å². The number of aliphatic hydroxyl groups is 1. The van der Waals surface area contributed by atoms with Gasteiger partial charge in [0.15, 0.2) is 0 Å². The van der Waals surface area contributed by atoms with Crippen molar-refractivity contribution in [2.45, 2.75) is 49.6 Å². The molecule has 1 aliphatic carbocycles. The van der Waals surface area contributed by atoms with Gasteiger partial charge in [0.2, 0.25) is 5.91 Å². The van der Waals surface area contributed by atoms with Gasteiger partial charge in [-0.15, -0.1) is 0 Å². The zero-order valence-corrected chi connectivity index (χ0v) is 18.6. The number of carbonyl (C=O) groups is 1. The molecule has 2 fully saturated rings. The van der Waals surface area contributed by atoms with Crippen LogP contribution < -0.4 is 5.32 Å². The predicted octanol–water partition coefficient (Wildman–Crippen LogP) is 5.32. The first kappa shape index (κ1) is 21.2. The number of rotatable bonds is 6. The minimum absolute atomic E-state index is 0.0588. The van der Waals surface area contributed by atoms with Crippen LogP contribution in [0.4, 0.5) is 10.1 Å². The quantitative estimate of drug-likeness (QED) is 0.610. The average molecular weight is 463 g/mol. The third-order valence-corrected chi connectivity index (χ3v) is 7.62. The summed E-state index contributed by atoms with van der Waals surface area (Å²) in [7, 11) is 0. The van der Waals surface area contributed by atoms with Gasteiger partial charge in [-0.1, -0.05) is 41.4 Å². The number of benzene rings is 2. The highest BCUT2D eigenvalue weighted by Gasteiger charge is 2.63. The van der Waals surface area contributed by atoms with Gasteiger partial charge in [0.25, 0.3) is 0 Å². The van der Waals surface area contributed by atoms with Gasteiger partial charge in [-0.2, -0.15) is 0 Å². The molecule has 2 N–H and O–H groups in total. The molecule has 164 valence electrons. The van der Waals surface area contributed by atoms with E-state index in [1.54, 1.807) is 24.3 Å². The molecule has 2 aliphatic heterocycles. The second-order valence-electron chi connectivity index (χ2n) is 8.96. The lowest BCUT2D eigenvalue weighted by atomic mass is 9.75. The van der Waals surface area contributed by atoms with E-state index < -0.39 is 17.3 Å². The number of hydrogen-bond acceptors (Lipinski definition) is 3. The Labute approximate surface area is 191 Å². The van der Waals surface area contributed by atoms with Gasteiger partial charge in [-0.25, -0.2) is 4.39 Å². The molecule has 1 saturated carbocycles. The number of anilines is 1. The van der Waals surface area contributed by atoms with Gasteiger partial charge < -0.3 is 10.4 Å². The van der Waals surface area contributed by atoms with Gasteiger partial charge >= 0.3 is 0 Å². The highest BCUT2D eigenvalue weighted by molar-refractivity contribution is 6.31. The van der Waals surface area contributed by atoms with E-state index in [4.69, 9.17) is 23.2 Å². The molecule has 0 aromatic heterocycles. The van der Waals surface area contributed by atoms with Crippen molar-refractivity contribution in [1.29, 1.82) is 0 Å². The van der Waals surface area contributed by atoms with Gasteiger partial charge in [0.1, 0.15) is 11.4 Å². The Balaban J connectivity index is 1.71. The largest absolute Gasteiger partial charge is 0.396 e. The summed E-state index contributed by atoms with van der Waals surface area (Å²) >= 11 is 12.4. The monoisotopic (exact) mass is 462 g/mol. The molecule has 31 heavy (non-hydrogen) atoms. The van der Waals surface area contributed by atoms with Crippen LogP contribution in [0.15, 0.2) is 36.4 Å². The summed E-state index contributed by atoms with van der Waals surface area (Å²) in [5.74, 6) is -0.448. The first-order valence-corrected chi connectivity index (χ1v) is 11.7. The Kier molecular flexibility index (Phi) is 5.50. The van der Waals surface area contributed by atoms with Crippen molar-refractivity contribution in [1.82, 2.24) is 4.90 Å². The van der Waals surface area contributed by atoms with Gasteiger partial charge in [0.05, 0.1) is 5.02 Å². The molecule has 4 nitrogen and oxygen atoms in total. The molecule has 2 aromatic rings. The summed E-state index contributed by atoms with van der Waals surface area (Å²) in [4.78, 5) is 16.1. The number of halogens is 3. The molecular weight excluding hydrogens is 438 g/mol. The standard InChI is InChI=1S/C24H25Cl2FN2O2/c25-15-8-9-18-21(11-15)28-23(31)24(18)19(17-4-1-5-20(26)22(17)27)12-16(3-2-10-30)29(24)13-14-6-7-14/h1,4-5,8-9,11,14,16,19,30H,2-3,6-7,10,12-13H2,(H,28,31). The lowest BCUT2D eigenvalue weighted by Gasteiger charge is -2.40. The van der Waals surface area contributed by atoms with E-state index in [2.05, 4.69) is 10.2 Å². The molecule has 1 saturated heterocycles. The second-order valence-corrected chi connectivity index (χ2v) is 9.80. The molecule has 5 rings (SSSR count). The van der Waals surface area contributed by atoms with Crippen molar-refractivity contribution < 1.29 is 14.3 Å². The predicted molar refractivity (Wildman–Crippen MR) is 120 cm³/mol. The number of likely N-dealkylation sites (tertiary alicyclic amines) is 1. The number of nitrogens with zero attached hydrogens (tertiary/aromatic N) is 1. The maximum absolute atomic E-state index is 15.3. The second kappa shape index (κ2) is 8.04. The van der Waals surface area contributed by atoms with Crippen LogP contribution in [0.5, 0.6) is 0 Å². The van der Waals surface area contributed by atoms with Crippen LogP contribution in [0.3, 0.4) is 0 Å². The van der Waals surface area contributed by atoms with E-state index in [1.165, 1.54) is 6.07 Å². The lowest BCUT2D eigenvalue weighted by molar-refractivity contribution is -0.128. The maximum Gasteiger partial charge on any atom is 0.250 e. The third-order valence-electron chi connectivity index (χ3n) is 7.10. The lowest BCUT2D eigenvalue weighted by Crippen LogP contribution is -2.52. The van der Waals surface area contributed by atoms with Crippen molar-refractivity contribution in [2.75, 3.05) is 18.5 Å². The Hall–Kier alpha value is -1.66. The van der Waals surface area contributed by atoms with Crippen LogP contribution in [0, 0.1) is 11.7 Å². The molecule has 1 spiro atoms. The summed E-state index contributed by atoms with van der Waals surface area (Å²) in [5, 5.41) is 13.1. The number of nitrogens with one attached hydrogen (secondary N) is 1. The molecule has 3 unspecified atom stereocenters. The number of aliphatic hydroxyl groups excluding tert-OH is 1. The normalized spacial score (nSPS) is 27.7. The van der Waals surface area contributed by atoms with Crippen molar-refractivity contribution >= 4 is 34.8 Å². The van der Waals surface area contributed by atoms with E-state index in [9.17, 15) is 9.90 Å². The minimum Gasteiger partial charge on any atom is -0.396 e. The van der Waals surface area contributed by atoms with E-state index in [1.807, 2.05) is 6.07 Å². The van der Waals surface area contributed by atoms with E-state index in [0.29, 0.717) is 35.0 Å². The minimum atomic E-state index is -1.02. The van der Waals surface area contributed by atoms with E-state index in [0.717, 1.165) is 31.4 Å². The van der Waals surface area contributed by atoms with E-state index in [-0.39, 0.29) is 23.6 Å². The summed E-state index contributed by atoms with van der Waals surface area (Å²) < 4.78 is 15.3. The number of fused-ring (bicyclic) bond motifs is 2. The molecular formula is C24H25Cl2FN2O2. The summed E-state index contributed by atoms with van der Waals surface area (Å²) in [6.45, 7) is 0.875. The third kappa shape index (κ3) is 3.37. The van der Waals surface area contributed by atoms with E-state index >= 15 is 4.39 Å². The molecule has 2 heterocycles. The van der Waals surface area contributed by atoms with Crippen LogP contribution in [0.2, 0.25) is 10.0 Å². The molecule has 7 heteroatoms. The van der Waals surface area contributed by atoms with Crippen molar-refractivity contribution in [2.24, 2.45) is 5.92 Å². The Morgan fingerprint density at radius 1 is 1.23 bits per heavy atom. The maximum atomic E-state index is 15.3. The van der Waals surface area contributed by atoms with Crippen molar-refractivity contribution in [3.8, 4) is 0 Å².